The van der Waals surface area contributed by atoms with Crippen molar-refractivity contribution in [3.63, 3.8) is 0 Å². The lowest BCUT2D eigenvalue weighted by Crippen LogP contribution is -2.37. The number of amides is 2. The largest absolute Gasteiger partial charge is 0.478 e. The number of hydrogen-bond acceptors (Lipinski definition) is 3. The average molecular weight is 304 g/mol. The minimum atomic E-state index is -0.550. The van der Waals surface area contributed by atoms with Gasteiger partial charge in [-0.2, -0.15) is 0 Å². The van der Waals surface area contributed by atoms with Crippen LogP contribution in [0, 0.1) is 18.2 Å². The summed E-state index contributed by atoms with van der Waals surface area (Å²) in [5.74, 6) is 1.01. The molecule has 1 aliphatic heterocycles. The number of nitrogens with one attached hydrogen (secondary N) is 2. The van der Waals surface area contributed by atoms with Crippen LogP contribution in [0.2, 0.25) is 0 Å². The van der Waals surface area contributed by atoms with Gasteiger partial charge in [0, 0.05) is 19.5 Å². The quantitative estimate of drug-likeness (QED) is 0.796. The Morgan fingerprint density at radius 3 is 3.00 bits per heavy atom. The molecule has 0 saturated carbocycles. The topological polar surface area (TPSA) is 67.4 Å². The minimum Gasteiger partial charge on any atom is -0.478 e. The molecule has 0 aromatic heterocycles. The van der Waals surface area contributed by atoms with Gasteiger partial charge in [-0.05, 0) is 24.1 Å². The second kappa shape index (κ2) is 6.94. The van der Waals surface area contributed by atoms with Crippen LogP contribution in [0.4, 0.5) is 4.39 Å². The molecule has 1 aliphatic rings. The first kappa shape index (κ1) is 15.8. The van der Waals surface area contributed by atoms with E-state index in [2.05, 4.69) is 16.6 Å². The zero-order valence-corrected chi connectivity index (χ0v) is 12.2. The number of rotatable bonds is 5. The summed E-state index contributed by atoms with van der Waals surface area (Å²) in [6.45, 7) is 1.76. The highest BCUT2D eigenvalue weighted by molar-refractivity contribution is 5.86. The molecule has 5 nitrogen and oxygen atoms in total. The number of benzene rings is 1. The fraction of sp³-hybridized carbons (Fsp3) is 0.375. The normalized spacial score (nSPS) is 20.1. The molecule has 2 N–H and O–H groups in total. The maximum Gasteiger partial charge on any atom is 0.227 e. The van der Waals surface area contributed by atoms with Gasteiger partial charge in [0.05, 0.1) is 5.92 Å². The van der Waals surface area contributed by atoms with E-state index in [4.69, 9.17) is 11.2 Å². The molecule has 0 radical (unpaired) electrons. The Balaban J connectivity index is 2.05. The fourth-order valence-electron chi connectivity index (χ4n) is 2.41. The van der Waals surface area contributed by atoms with Crippen LogP contribution in [-0.4, -0.2) is 31.0 Å². The molecule has 1 aromatic rings. The third-order valence-electron chi connectivity index (χ3n) is 3.45. The number of hydrogen-bond donors (Lipinski definition) is 2. The van der Waals surface area contributed by atoms with Crippen molar-refractivity contribution in [2.24, 2.45) is 0 Å². The van der Waals surface area contributed by atoms with Crippen molar-refractivity contribution in [3.05, 3.63) is 29.6 Å². The lowest BCUT2D eigenvalue weighted by Gasteiger charge is -2.11. The Bertz CT molecular complexity index is 624. The van der Waals surface area contributed by atoms with Crippen molar-refractivity contribution < 1.29 is 18.7 Å². The second-order valence-corrected chi connectivity index (χ2v) is 5.11. The number of carbonyl (C=O) groups is 2. The maximum absolute atomic E-state index is 13.9. The maximum atomic E-state index is 13.9. The van der Waals surface area contributed by atoms with E-state index in [9.17, 15) is 14.0 Å². The molecule has 1 aromatic carbocycles. The predicted octanol–water partition coefficient (Wildman–Crippen LogP) is 0.946. The van der Waals surface area contributed by atoms with Gasteiger partial charge in [-0.15, -0.1) is 6.42 Å². The van der Waals surface area contributed by atoms with Gasteiger partial charge in [0.2, 0.25) is 11.8 Å². The first-order valence-electron chi connectivity index (χ1n) is 6.91. The molecule has 2 atom stereocenters. The van der Waals surface area contributed by atoms with Gasteiger partial charge >= 0.3 is 0 Å². The van der Waals surface area contributed by atoms with Gasteiger partial charge in [0.15, 0.2) is 11.6 Å². The smallest absolute Gasteiger partial charge is 0.227 e. The number of terminal acetylenes is 1. The highest BCUT2D eigenvalue weighted by atomic mass is 19.1. The zero-order valence-electron chi connectivity index (χ0n) is 12.2. The van der Waals surface area contributed by atoms with E-state index in [1.807, 2.05) is 0 Å². The second-order valence-electron chi connectivity index (χ2n) is 5.11. The molecular formula is C16H17FN2O3. The molecule has 1 unspecified atom stereocenters. The van der Waals surface area contributed by atoms with Crippen molar-refractivity contribution >= 4 is 11.8 Å². The summed E-state index contributed by atoms with van der Waals surface area (Å²) in [7, 11) is 0. The molecule has 22 heavy (non-hydrogen) atoms. The summed E-state index contributed by atoms with van der Waals surface area (Å²) >= 11 is 0. The lowest BCUT2D eigenvalue weighted by atomic mass is 9.95. The molecule has 2 amide bonds. The van der Waals surface area contributed by atoms with E-state index in [1.54, 1.807) is 6.07 Å². The van der Waals surface area contributed by atoms with Crippen LogP contribution in [0.3, 0.4) is 0 Å². The Labute approximate surface area is 128 Å². The van der Waals surface area contributed by atoms with Gasteiger partial charge in [-0.1, -0.05) is 12.0 Å². The zero-order chi connectivity index (χ0) is 16.1. The first-order chi connectivity index (χ1) is 10.5. The number of carbonyl (C=O) groups excluding carboxylic acids is 2. The summed E-state index contributed by atoms with van der Waals surface area (Å²) in [4.78, 5) is 22.9. The van der Waals surface area contributed by atoms with Crippen molar-refractivity contribution in [3.8, 4) is 18.1 Å². The van der Waals surface area contributed by atoms with E-state index >= 15 is 0 Å². The van der Waals surface area contributed by atoms with Gasteiger partial charge in [0.1, 0.15) is 6.61 Å². The van der Waals surface area contributed by atoms with Crippen molar-refractivity contribution in [1.29, 1.82) is 0 Å². The van der Waals surface area contributed by atoms with Crippen molar-refractivity contribution in [2.45, 2.75) is 25.3 Å². The van der Waals surface area contributed by atoms with Gasteiger partial charge in [-0.3, -0.25) is 9.59 Å². The molecule has 0 aliphatic carbocycles. The van der Waals surface area contributed by atoms with Crippen LogP contribution < -0.4 is 15.4 Å². The summed E-state index contributed by atoms with van der Waals surface area (Å²) < 4.78 is 19.0. The van der Waals surface area contributed by atoms with E-state index in [1.165, 1.54) is 19.1 Å². The Morgan fingerprint density at radius 2 is 2.36 bits per heavy atom. The highest BCUT2D eigenvalue weighted by Crippen LogP contribution is 2.29. The molecule has 1 saturated heterocycles. The van der Waals surface area contributed by atoms with Crippen molar-refractivity contribution in [2.75, 3.05) is 13.2 Å². The van der Waals surface area contributed by atoms with E-state index in [-0.39, 0.29) is 30.2 Å². The minimum absolute atomic E-state index is 0.0149. The van der Waals surface area contributed by atoms with Crippen LogP contribution in [0.1, 0.15) is 24.8 Å². The van der Waals surface area contributed by atoms with Crippen molar-refractivity contribution in [1.82, 2.24) is 10.6 Å². The van der Waals surface area contributed by atoms with Crippen LogP contribution in [-0.2, 0) is 9.59 Å². The van der Waals surface area contributed by atoms with E-state index in [0.717, 1.165) is 0 Å². The van der Waals surface area contributed by atoms with Gasteiger partial charge < -0.3 is 15.4 Å². The summed E-state index contributed by atoms with van der Waals surface area (Å²) in [6.07, 6.45) is 5.56. The standard InChI is InChI=1S/C16H17FN2O3/c1-3-6-22-15-5-4-11(7-14(15)17)13-8-12(19-16(13)21)9-18-10(2)20/h1,4-5,7,12-13H,6,8-9H2,2H3,(H,18,20)(H,19,21)/t12-,13?/m0/s1. The number of halogens is 1. The molecule has 1 fully saturated rings. The third-order valence-corrected chi connectivity index (χ3v) is 3.45. The monoisotopic (exact) mass is 304 g/mol. The van der Waals surface area contributed by atoms with E-state index < -0.39 is 11.7 Å². The Kier molecular flexibility index (Phi) is 4.99. The molecule has 6 heteroatoms. The summed E-state index contributed by atoms with van der Waals surface area (Å²) in [5.41, 5.74) is 0.577. The molecule has 1 heterocycles. The lowest BCUT2D eigenvalue weighted by molar-refractivity contribution is -0.121. The molecule has 0 bridgehead atoms. The Morgan fingerprint density at radius 1 is 1.59 bits per heavy atom. The average Bonchev–Trinajstić information content (AvgIpc) is 2.85. The summed E-state index contributed by atoms with van der Waals surface area (Å²) in [6, 6.07) is 4.26. The highest BCUT2D eigenvalue weighted by Gasteiger charge is 2.33. The summed E-state index contributed by atoms with van der Waals surface area (Å²) in [5, 5.41) is 5.45. The molecule has 0 spiro atoms. The predicted molar refractivity (Wildman–Crippen MR) is 78.7 cm³/mol. The molecule has 2 rings (SSSR count). The molecule has 116 valence electrons. The molecular weight excluding hydrogens is 287 g/mol. The fourth-order valence-corrected chi connectivity index (χ4v) is 2.41. The van der Waals surface area contributed by atoms with E-state index in [0.29, 0.717) is 18.5 Å². The third kappa shape index (κ3) is 3.76. The van der Waals surface area contributed by atoms with Crippen LogP contribution in [0.15, 0.2) is 18.2 Å². The first-order valence-corrected chi connectivity index (χ1v) is 6.91. The Hall–Kier alpha value is -2.55. The number of ether oxygens (including phenoxy) is 1. The SMILES string of the molecule is C#CCOc1ccc(C2C[C@@H](CNC(C)=O)NC2=O)cc1F. The van der Waals surface area contributed by atoms with Crippen LogP contribution in [0.25, 0.3) is 0 Å². The van der Waals surface area contributed by atoms with Gasteiger partial charge in [-0.25, -0.2) is 4.39 Å². The van der Waals surface area contributed by atoms with Crippen LogP contribution >= 0.6 is 0 Å². The van der Waals surface area contributed by atoms with Crippen LogP contribution in [0.5, 0.6) is 5.75 Å². The van der Waals surface area contributed by atoms with Gasteiger partial charge in [0.25, 0.3) is 0 Å².